The van der Waals surface area contributed by atoms with Gasteiger partial charge in [-0.3, -0.25) is 0 Å². The van der Waals surface area contributed by atoms with Gasteiger partial charge in [0.1, 0.15) is 22.6 Å². The topological polar surface area (TPSA) is 101 Å². The monoisotopic (exact) mass is 370 g/mol. The van der Waals surface area contributed by atoms with Crippen molar-refractivity contribution >= 4 is 11.9 Å². The van der Waals surface area contributed by atoms with Crippen LogP contribution in [0.4, 0.5) is 0 Å². The molecule has 0 saturated heterocycles. The first kappa shape index (κ1) is 16.0. The number of benzene rings is 2. The minimum atomic E-state index is -1.09. The smallest absolute Gasteiger partial charge is 0.347 e. The van der Waals surface area contributed by atoms with Crippen LogP contribution < -0.4 is 14.2 Å². The van der Waals surface area contributed by atoms with E-state index in [1.165, 1.54) is 14.0 Å². The lowest BCUT2D eigenvalue weighted by molar-refractivity contribution is -0.114. The number of methoxy groups -OCH3 is 1. The second-order valence-electron chi connectivity index (χ2n) is 6.54. The molecule has 1 N–H and O–H groups in total. The Labute approximate surface area is 153 Å². The Morgan fingerprint density at radius 1 is 1.07 bits per heavy atom. The molecule has 27 heavy (non-hydrogen) atoms. The lowest BCUT2D eigenvalue weighted by Crippen LogP contribution is -2.13. The molecule has 8 nitrogen and oxygen atoms in total. The molecule has 0 radical (unpaired) electrons. The Morgan fingerprint density at radius 3 is 2.59 bits per heavy atom. The van der Waals surface area contributed by atoms with Gasteiger partial charge in [0, 0.05) is 5.56 Å². The van der Waals surface area contributed by atoms with Gasteiger partial charge in [0.2, 0.25) is 6.29 Å². The van der Waals surface area contributed by atoms with Crippen LogP contribution in [-0.4, -0.2) is 24.2 Å². The Morgan fingerprint density at radius 2 is 1.85 bits per heavy atom. The Bertz CT molecular complexity index is 1070. The number of hydrogen-bond acceptors (Lipinski definition) is 8. The molecule has 0 spiro atoms. The van der Waals surface area contributed by atoms with E-state index in [1.54, 1.807) is 13.0 Å². The minimum Gasteiger partial charge on any atom is -0.507 e. The van der Waals surface area contributed by atoms with Crippen molar-refractivity contribution in [3.63, 3.8) is 0 Å². The van der Waals surface area contributed by atoms with Crippen LogP contribution in [-0.2, 0) is 16.1 Å². The fourth-order valence-corrected chi connectivity index (χ4v) is 3.70. The highest BCUT2D eigenvalue weighted by Gasteiger charge is 2.45. The third-order valence-electron chi connectivity index (χ3n) is 5.05. The highest BCUT2D eigenvalue weighted by molar-refractivity contribution is 6.02. The molecule has 5 rings (SSSR count). The van der Waals surface area contributed by atoms with Crippen LogP contribution in [0.2, 0.25) is 0 Å². The van der Waals surface area contributed by atoms with Crippen molar-refractivity contribution in [1.82, 2.24) is 0 Å². The van der Waals surface area contributed by atoms with Crippen molar-refractivity contribution in [2.75, 3.05) is 7.11 Å². The van der Waals surface area contributed by atoms with Crippen LogP contribution in [0.25, 0.3) is 0 Å². The Hall–Kier alpha value is -3.26. The number of esters is 2. The van der Waals surface area contributed by atoms with E-state index >= 15 is 0 Å². The van der Waals surface area contributed by atoms with E-state index in [9.17, 15) is 14.7 Å². The number of phenolic OH excluding ortho intramolecular Hbond substituents is 1. The molecule has 0 aromatic heterocycles. The Kier molecular flexibility index (Phi) is 3.04. The van der Waals surface area contributed by atoms with E-state index in [1.807, 2.05) is 0 Å². The first-order valence-electron chi connectivity index (χ1n) is 8.24. The van der Waals surface area contributed by atoms with E-state index in [0.29, 0.717) is 16.9 Å². The zero-order chi connectivity index (χ0) is 19.0. The molecule has 8 heteroatoms. The second-order valence-corrected chi connectivity index (χ2v) is 6.54. The van der Waals surface area contributed by atoms with Gasteiger partial charge < -0.3 is 28.8 Å². The molecule has 2 aromatic carbocycles. The summed E-state index contributed by atoms with van der Waals surface area (Å²) in [5.41, 5.74) is 1.72. The predicted molar refractivity (Wildman–Crippen MR) is 88.6 cm³/mol. The number of phenols is 1. The van der Waals surface area contributed by atoms with Gasteiger partial charge in [-0.05, 0) is 25.5 Å². The molecule has 2 aromatic rings. The van der Waals surface area contributed by atoms with Gasteiger partial charge in [-0.25, -0.2) is 9.59 Å². The van der Waals surface area contributed by atoms with E-state index in [2.05, 4.69) is 0 Å². The van der Waals surface area contributed by atoms with Crippen LogP contribution in [0.1, 0.15) is 49.3 Å². The molecule has 0 amide bonds. The average molecular weight is 370 g/mol. The van der Waals surface area contributed by atoms with Gasteiger partial charge in [0.15, 0.2) is 17.2 Å². The summed E-state index contributed by atoms with van der Waals surface area (Å²) in [7, 11) is 1.50. The summed E-state index contributed by atoms with van der Waals surface area (Å²) < 4.78 is 28.1. The van der Waals surface area contributed by atoms with Gasteiger partial charge >= 0.3 is 11.9 Å². The first-order chi connectivity index (χ1) is 12.9. The van der Waals surface area contributed by atoms with E-state index in [4.69, 9.17) is 23.7 Å². The van der Waals surface area contributed by atoms with Crippen molar-refractivity contribution in [3.05, 3.63) is 39.4 Å². The fraction of sp³-hybridized carbons (Fsp3) is 0.263. The van der Waals surface area contributed by atoms with Crippen LogP contribution in [0, 0.1) is 13.8 Å². The summed E-state index contributed by atoms with van der Waals surface area (Å²) in [4.78, 5) is 25.1. The SMILES string of the molecule is COc1cc(C)c2c3c1COC1OC(=O)c4c(O)c(C)c(c(c41)O3)OC2=O. The van der Waals surface area contributed by atoms with Gasteiger partial charge in [-0.15, -0.1) is 0 Å². The maximum atomic E-state index is 12.8. The number of aryl methyl sites for hydroxylation is 1. The largest absolute Gasteiger partial charge is 0.507 e. The maximum Gasteiger partial charge on any atom is 0.347 e. The quantitative estimate of drug-likeness (QED) is 0.604. The molecule has 1 atom stereocenters. The van der Waals surface area contributed by atoms with Crippen molar-refractivity contribution in [2.45, 2.75) is 26.7 Å². The number of hydrogen-bond donors (Lipinski definition) is 1. The number of rotatable bonds is 1. The molecule has 0 fully saturated rings. The van der Waals surface area contributed by atoms with Crippen LogP contribution in [0.15, 0.2) is 6.07 Å². The van der Waals surface area contributed by atoms with Crippen LogP contribution in [0.3, 0.4) is 0 Å². The van der Waals surface area contributed by atoms with E-state index < -0.39 is 18.2 Å². The van der Waals surface area contributed by atoms with Crippen LogP contribution in [0.5, 0.6) is 28.7 Å². The molecule has 0 saturated carbocycles. The van der Waals surface area contributed by atoms with Gasteiger partial charge in [-0.1, -0.05) is 0 Å². The zero-order valence-corrected chi connectivity index (χ0v) is 14.7. The molecule has 3 aliphatic heterocycles. The molecule has 0 aliphatic carbocycles. The number of carbonyl (C=O) groups is 2. The molecule has 3 heterocycles. The predicted octanol–water partition coefficient (Wildman–Crippen LogP) is 3.04. The lowest BCUT2D eigenvalue weighted by Gasteiger charge is -2.23. The standard InChI is InChI=1S/C19H14O8/c1-6-4-9(23-3)8-5-24-19-12-11(18(22)27-19)13(20)7(2)14-16(12)25-15(8)10(6)17(21)26-14/h4,19-20H,5H2,1-3H3. The number of carbonyl (C=O) groups excluding carboxylic acids is 2. The van der Waals surface area contributed by atoms with E-state index in [-0.39, 0.29) is 51.9 Å². The highest BCUT2D eigenvalue weighted by atomic mass is 16.7. The molecule has 3 aliphatic rings. The molecular formula is C19H14O8. The second kappa shape index (κ2) is 5.14. The summed E-state index contributed by atoms with van der Waals surface area (Å²) >= 11 is 0. The maximum absolute atomic E-state index is 12.8. The minimum absolute atomic E-state index is 0.0279. The van der Waals surface area contributed by atoms with Crippen molar-refractivity contribution in [1.29, 1.82) is 0 Å². The third-order valence-corrected chi connectivity index (χ3v) is 5.05. The molecular weight excluding hydrogens is 356 g/mol. The van der Waals surface area contributed by atoms with Gasteiger partial charge in [0.05, 0.1) is 24.8 Å². The van der Waals surface area contributed by atoms with Crippen molar-refractivity contribution in [2.24, 2.45) is 0 Å². The lowest BCUT2D eigenvalue weighted by atomic mass is 10.00. The van der Waals surface area contributed by atoms with Gasteiger partial charge in [-0.2, -0.15) is 0 Å². The van der Waals surface area contributed by atoms with Crippen molar-refractivity contribution < 1.29 is 38.4 Å². The summed E-state index contributed by atoms with van der Waals surface area (Å²) in [6, 6.07) is 1.69. The van der Waals surface area contributed by atoms with Crippen LogP contribution >= 0.6 is 0 Å². The summed E-state index contributed by atoms with van der Waals surface area (Å²) in [5.74, 6) is -0.797. The summed E-state index contributed by atoms with van der Waals surface area (Å²) in [6.07, 6.45) is -1.09. The fourth-order valence-electron chi connectivity index (χ4n) is 3.70. The number of ether oxygens (including phenoxy) is 5. The summed E-state index contributed by atoms with van der Waals surface area (Å²) in [6.45, 7) is 3.24. The third kappa shape index (κ3) is 1.90. The molecule has 2 bridgehead atoms. The first-order valence-corrected chi connectivity index (χ1v) is 8.24. The number of aromatic hydroxyl groups is 1. The molecule has 1 unspecified atom stereocenters. The molecule has 138 valence electrons. The normalized spacial score (nSPS) is 18.7. The van der Waals surface area contributed by atoms with Gasteiger partial charge in [0.25, 0.3) is 0 Å². The average Bonchev–Trinajstić information content (AvgIpc) is 2.85. The zero-order valence-electron chi connectivity index (χ0n) is 14.7. The van der Waals surface area contributed by atoms with E-state index in [0.717, 1.165) is 0 Å². The van der Waals surface area contributed by atoms with Crippen molar-refractivity contribution in [3.8, 4) is 28.7 Å². The summed E-state index contributed by atoms with van der Waals surface area (Å²) in [5, 5.41) is 10.5. The Balaban J connectivity index is 1.91. The highest BCUT2D eigenvalue weighted by Crippen LogP contribution is 2.56.